The Morgan fingerprint density at radius 2 is 2.00 bits per heavy atom. The van der Waals surface area contributed by atoms with Crippen LogP contribution < -0.4 is 5.32 Å². The van der Waals surface area contributed by atoms with Gasteiger partial charge in [-0.15, -0.1) is 0 Å². The van der Waals surface area contributed by atoms with Crippen molar-refractivity contribution >= 4 is 23.3 Å². The average Bonchev–Trinajstić information content (AvgIpc) is 2.15. The molecule has 0 aromatic rings. The number of nitrogens with one attached hydrogen (secondary N) is 1. The summed E-state index contributed by atoms with van der Waals surface area (Å²) in [5.74, 6) is -0.876. The molecule has 5 heteroatoms. The van der Waals surface area contributed by atoms with Gasteiger partial charge in [0.05, 0.1) is 0 Å². The quantitative estimate of drug-likeness (QED) is 0.636. The Morgan fingerprint density at radius 1 is 1.38 bits per heavy atom. The minimum Gasteiger partial charge on any atom is -0.480 e. The molecular weight excluding hydrogens is 188 g/mol. The smallest absolute Gasteiger partial charge is 0.322 e. The Hall–Kier alpha value is -0.840. The molecule has 1 saturated heterocycles. The molecule has 0 radical (unpaired) electrons. The van der Waals surface area contributed by atoms with Crippen LogP contribution in [0.2, 0.25) is 0 Å². The van der Waals surface area contributed by atoms with E-state index in [9.17, 15) is 4.79 Å². The average molecular weight is 202 g/mol. The minimum atomic E-state index is -0.876. The zero-order valence-corrected chi connectivity index (χ0v) is 8.27. The molecule has 0 amide bonds. The third-order valence-electron chi connectivity index (χ3n) is 2.03. The predicted octanol–water partition coefficient (Wildman–Crippen LogP) is 0.431. The first-order valence-electron chi connectivity index (χ1n) is 4.45. The van der Waals surface area contributed by atoms with Crippen LogP contribution in [0.25, 0.3) is 0 Å². The number of hydrogen-bond donors (Lipinski definition) is 2. The number of rotatable bonds is 2. The van der Waals surface area contributed by atoms with E-state index in [4.69, 9.17) is 17.3 Å². The standard InChI is InChI=1S/C8H14N2O2S/c11-7(12)6-9-8(13)10-4-2-1-3-5-10/h1-6H2,(H,9,13)(H,11,12). The fourth-order valence-electron chi connectivity index (χ4n) is 1.36. The summed E-state index contributed by atoms with van der Waals surface area (Å²) in [6, 6.07) is 0. The fourth-order valence-corrected chi connectivity index (χ4v) is 1.61. The number of carbonyl (C=O) groups is 1. The second kappa shape index (κ2) is 5.01. The predicted molar refractivity (Wildman–Crippen MR) is 53.7 cm³/mol. The first-order chi connectivity index (χ1) is 6.20. The Kier molecular flexibility index (Phi) is 3.95. The Labute approximate surface area is 82.9 Å². The molecule has 1 fully saturated rings. The van der Waals surface area contributed by atoms with Gasteiger partial charge in [-0.2, -0.15) is 0 Å². The van der Waals surface area contributed by atoms with Gasteiger partial charge < -0.3 is 15.3 Å². The van der Waals surface area contributed by atoms with Crippen LogP contribution in [0.3, 0.4) is 0 Å². The van der Waals surface area contributed by atoms with Crippen LogP contribution in [0.5, 0.6) is 0 Å². The van der Waals surface area contributed by atoms with Gasteiger partial charge in [-0.3, -0.25) is 4.79 Å². The van der Waals surface area contributed by atoms with Gasteiger partial charge in [-0.05, 0) is 31.5 Å². The highest BCUT2D eigenvalue weighted by molar-refractivity contribution is 7.80. The molecule has 0 unspecified atom stereocenters. The molecule has 74 valence electrons. The first kappa shape index (κ1) is 10.2. The van der Waals surface area contributed by atoms with Gasteiger partial charge in [0.15, 0.2) is 5.11 Å². The summed E-state index contributed by atoms with van der Waals surface area (Å²) in [5, 5.41) is 11.7. The Balaban J connectivity index is 2.25. The molecule has 1 heterocycles. The third kappa shape index (κ3) is 3.59. The fraction of sp³-hybridized carbons (Fsp3) is 0.750. The van der Waals surface area contributed by atoms with Crippen molar-refractivity contribution in [2.24, 2.45) is 0 Å². The molecule has 1 aliphatic rings. The van der Waals surface area contributed by atoms with E-state index in [2.05, 4.69) is 5.32 Å². The van der Waals surface area contributed by atoms with Crippen LogP contribution in [-0.2, 0) is 4.79 Å². The van der Waals surface area contributed by atoms with E-state index < -0.39 is 5.97 Å². The summed E-state index contributed by atoms with van der Waals surface area (Å²) in [4.78, 5) is 12.3. The second-order valence-electron chi connectivity index (χ2n) is 3.10. The summed E-state index contributed by atoms with van der Waals surface area (Å²) in [6.07, 6.45) is 3.54. The monoisotopic (exact) mass is 202 g/mol. The third-order valence-corrected chi connectivity index (χ3v) is 2.44. The maximum atomic E-state index is 10.2. The largest absolute Gasteiger partial charge is 0.480 e. The van der Waals surface area contributed by atoms with Gasteiger partial charge in [-0.1, -0.05) is 0 Å². The number of piperidine rings is 1. The molecule has 1 rings (SSSR count). The topological polar surface area (TPSA) is 52.6 Å². The molecule has 0 bridgehead atoms. The van der Waals surface area contributed by atoms with E-state index in [-0.39, 0.29) is 6.54 Å². The number of aliphatic carboxylic acids is 1. The molecule has 0 saturated carbocycles. The van der Waals surface area contributed by atoms with E-state index in [0.717, 1.165) is 25.9 Å². The highest BCUT2D eigenvalue weighted by Crippen LogP contribution is 2.08. The van der Waals surface area contributed by atoms with E-state index in [1.165, 1.54) is 6.42 Å². The molecule has 0 spiro atoms. The SMILES string of the molecule is O=C(O)CNC(=S)N1CCCCC1. The van der Waals surface area contributed by atoms with Crippen LogP contribution in [0.1, 0.15) is 19.3 Å². The molecular formula is C8H14N2O2S. The van der Waals surface area contributed by atoms with Crippen LogP contribution in [-0.4, -0.2) is 40.7 Å². The second-order valence-corrected chi connectivity index (χ2v) is 3.49. The number of carboxylic acids is 1. The zero-order valence-electron chi connectivity index (χ0n) is 7.45. The number of hydrogen-bond acceptors (Lipinski definition) is 2. The van der Waals surface area contributed by atoms with Gasteiger partial charge in [0, 0.05) is 13.1 Å². The summed E-state index contributed by atoms with van der Waals surface area (Å²) >= 11 is 5.04. The first-order valence-corrected chi connectivity index (χ1v) is 4.85. The summed E-state index contributed by atoms with van der Waals surface area (Å²) in [5.41, 5.74) is 0. The zero-order chi connectivity index (χ0) is 9.68. The van der Waals surface area contributed by atoms with E-state index >= 15 is 0 Å². The molecule has 0 aliphatic carbocycles. The van der Waals surface area contributed by atoms with E-state index in [0.29, 0.717) is 5.11 Å². The van der Waals surface area contributed by atoms with Gasteiger partial charge in [0.2, 0.25) is 0 Å². The number of nitrogens with zero attached hydrogens (tertiary/aromatic N) is 1. The summed E-state index contributed by atoms with van der Waals surface area (Å²) < 4.78 is 0. The summed E-state index contributed by atoms with van der Waals surface area (Å²) in [7, 11) is 0. The van der Waals surface area contributed by atoms with E-state index in [1.54, 1.807) is 0 Å². The number of thiocarbonyl (C=S) groups is 1. The van der Waals surface area contributed by atoms with Crippen molar-refractivity contribution in [2.75, 3.05) is 19.6 Å². The summed E-state index contributed by atoms with van der Waals surface area (Å²) in [6.45, 7) is 1.81. The van der Waals surface area contributed by atoms with Crippen molar-refractivity contribution in [2.45, 2.75) is 19.3 Å². The molecule has 0 aromatic heterocycles. The lowest BCUT2D eigenvalue weighted by Gasteiger charge is -2.28. The lowest BCUT2D eigenvalue weighted by molar-refractivity contribution is -0.135. The van der Waals surface area contributed by atoms with Crippen LogP contribution in [0.4, 0.5) is 0 Å². The molecule has 13 heavy (non-hydrogen) atoms. The van der Waals surface area contributed by atoms with Crippen molar-refractivity contribution in [3.63, 3.8) is 0 Å². The van der Waals surface area contributed by atoms with Crippen molar-refractivity contribution in [3.8, 4) is 0 Å². The lowest BCUT2D eigenvalue weighted by atomic mass is 10.1. The van der Waals surface area contributed by atoms with Crippen LogP contribution in [0.15, 0.2) is 0 Å². The maximum absolute atomic E-state index is 10.2. The Bertz CT molecular complexity index is 202. The minimum absolute atomic E-state index is 0.0880. The highest BCUT2D eigenvalue weighted by atomic mass is 32.1. The lowest BCUT2D eigenvalue weighted by Crippen LogP contribution is -2.44. The van der Waals surface area contributed by atoms with E-state index in [1.807, 2.05) is 4.90 Å². The van der Waals surface area contributed by atoms with Crippen LogP contribution in [0, 0.1) is 0 Å². The van der Waals surface area contributed by atoms with Crippen molar-refractivity contribution in [3.05, 3.63) is 0 Å². The van der Waals surface area contributed by atoms with Crippen molar-refractivity contribution in [1.29, 1.82) is 0 Å². The number of likely N-dealkylation sites (tertiary alicyclic amines) is 1. The molecule has 1 aliphatic heterocycles. The Morgan fingerprint density at radius 3 is 2.54 bits per heavy atom. The van der Waals surface area contributed by atoms with Crippen molar-refractivity contribution in [1.82, 2.24) is 10.2 Å². The molecule has 4 nitrogen and oxygen atoms in total. The number of carboxylic acid groups (broad SMARTS) is 1. The van der Waals surface area contributed by atoms with Gasteiger partial charge in [-0.25, -0.2) is 0 Å². The normalized spacial score (nSPS) is 16.8. The van der Waals surface area contributed by atoms with Crippen molar-refractivity contribution < 1.29 is 9.90 Å². The van der Waals surface area contributed by atoms with Gasteiger partial charge in [0.1, 0.15) is 6.54 Å². The van der Waals surface area contributed by atoms with Crippen LogP contribution >= 0.6 is 12.2 Å². The molecule has 0 atom stereocenters. The van der Waals surface area contributed by atoms with Gasteiger partial charge in [0.25, 0.3) is 0 Å². The molecule has 2 N–H and O–H groups in total. The maximum Gasteiger partial charge on any atom is 0.322 e. The van der Waals surface area contributed by atoms with Gasteiger partial charge >= 0.3 is 5.97 Å². The molecule has 0 aromatic carbocycles. The highest BCUT2D eigenvalue weighted by Gasteiger charge is 2.13.